The molecule has 0 saturated carbocycles. The highest BCUT2D eigenvalue weighted by molar-refractivity contribution is 5.95. The van der Waals surface area contributed by atoms with Crippen molar-refractivity contribution in [2.24, 2.45) is 0 Å². The van der Waals surface area contributed by atoms with E-state index in [1.807, 2.05) is 37.3 Å². The lowest BCUT2D eigenvalue weighted by Gasteiger charge is -2.20. The highest BCUT2D eigenvalue weighted by Gasteiger charge is 2.19. The molecule has 0 aliphatic rings. The molecule has 2 aromatic carbocycles. The van der Waals surface area contributed by atoms with Crippen molar-refractivity contribution in [3.05, 3.63) is 71.8 Å². The molecule has 0 saturated heterocycles. The van der Waals surface area contributed by atoms with Crippen LogP contribution in [0.1, 0.15) is 27.5 Å². The largest absolute Gasteiger partial charge is 0.496 e. The summed E-state index contributed by atoms with van der Waals surface area (Å²) in [6, 6.07) is 12.9. The van der Waals surface area contributed by atoms with Crippen molar-refractivity contribution in [1.29, 1.82) is 0 Å². The Morgan fingerprint density at radius 3 is 2.37 bits per heavy atom. The van der Waals surface area contributed by atoms with Crippen molar-refractivity contribution in [1.82, 2.24) is 20.1 Å². The van der Waals surface area contributed by atoms with E-state index >= 15 is 0 Å². The number of aromatic nitrogens is 3. The highest BCUT2D eigenvalue weighted by Crippen LogP contribution is 2.29. The lowest BCUT2D eigenvalue weighted by molar-refractivity contribution is 0.0931. The average Bonchev–Trinajstić information content (AvgIpc) is 3.21. The van der Waals surface area contributed by atoms with Crippen LogP contribution in [0.4, 0.5) is 0 Å². The fraction of sp³-hybridized carbons (Fsp3) is 0.250. The van der Waals surface area contributed by atoms with E-state index in [0.29, 0.717) is 23.6 Å². The first kappa shape index (κ1) is 18.4. The molecule has 27 heavy (non-hydrogen) atoms. The molecule has 0 unspecified atom stereocenters. The Labute approximate surface area is 158 Å². The maximum absolute atomic E-state index is 12.9. The molecule has 7 nitrogen and oxygen atoms in total. The van der Waals surface area contributed by atoms with Crippen LogP contribution in [-0.2, 0) is 6.54 Å². The minimum absolute atomic E-state index is 0.222. The summed E-state index contributed by atoms with van der Waals surface area (Å²) in [6.45, 7) is 2.35. The highest BCUT2D eigenvalue weighted by atomic mass is 16.5. The van der Waals surface area contributed by atoms with Crippen LogP contribution in [0.2, 0.25) is 0 Å². The molecule has 3 aromatic rings. The standard InChI is InChI=1S/C20H22N4O3/c1-14-18(26-2)9-16(10-19(14)27-3)20(25)23-17(11-24-13-21-12-22-24)15-7-5-4-6-8-15/h4-10,12-13,17H,11H2,1-3H3,(H,23,25)/t17-/m1/s1. The van der Waals surface area contributed by atoms with E-state index in [0.717, 1.165) is 11.1 Å². The maximum Gasteiger partial charge on any atom is 0.252 e. The topological polar surface area (TPSA) is 78.3 Å². The summed E-state index contributed by atoms with van der Waals surface area (Å²) in [6.07, 6.45) is 3.10. The molecule has 0 radical (unpaired) electrons. The zero-order valence-electron chi connectivity index (χ0n) is 15.5. The third-order valence-corrected chi connectivity index (χ3v) is 4.36. The van der Waals surface area contributed by atoms with Crippen molar-refractivity contribution in [2.45, 2.75) is 19.5 Å². The molecule has 1 atom stereocenters. The maximum atomic E-state index is 12.9. The Bertz CT molecular complexity index is 870. The van der Waals surface area contributed by atoms with Crippen LogP contribution in [0.3, 0.4) is 0 Å². The van der Waals surface area contributed by atoms with Crippen LogP contribution in [0.15, 0.2) is 55.1 Å². The van der Waals surface area contributed by atoms with Gasteiger partial charge < -0.3 is 14.8 Å². The zero-order valence-corrected chi connectivity index (χ0v) is 15.5. The zero-order chi connectivity index (χ0) is 19.2. The summed E-state index contributed by atoms with van der Waals surface area (Å²) < 4.78 is 12.4. The van der Waals surface area contributed by atoms with Crippen molar-refractivity contribution in [2.75, 3.05) is 14.2 Å². The lowest BCUT2D eigenvalue weighted by Crippen LogP contribution is -2.31. The molecule has 140 valence electrons. The van der Waals surface area contributed by atoms with Crippen LogP contribution in [0.5, 0.6) is 11.5 Å². The molecule has 0 spiro atoms. The molecule has 1 amide bonds. The number of nitrogens with one attached hydrogen (secondary N) is 1. The first-order chi connectivity index (χ1) is 13.1. The van der Waals surface area contributed by atoms with Gasteiger partial charge in [0.2, 0.25) is 0 Å². The van der Waals surface area contributed by atoms with E-state index < -0.39 is 0 Å². The fourth-order valence-corrected chi connectivity index (χ4v) is 2.89. The molecule has 3 rings (SSSR count). The quantitative estimate of drug-likeness (QED) is 0.696. The molecule has 0 aliphatic carbocycles. The molecule has 1 heterocycles. The normalized spacial score (nSPS) is 11.7. The first-order valence-electron chi connectivity index (χ1n) is 8.53. The summed E-state index contributed by atoms with van der Waals surface area (Å²) in [4.78, 5) is 16.9. The molecular weight excluding hydrogens is 344 g/mol. The molecule has 0 aliphatic heterocycles. The number of carbonyl (C=O) groups is 1. The molecule has 0 bridgehead atoms. The Hall–Kier alpha value is -3.35. The molecule has 0 fully saturated rings. The smallest absolute Gasteiger partial charge is 0.252 e. The number of benzene rings is 2. The molecule has 7 heteroatoms. The van der Waals surface area contributed by atoms with E-state index in [2.05, 4.69) is 15.4 Å². The second-order valence-corrected chi connectivity index (χ2v) is 6.06. The molecule has 1 aromatic heterocycles. The number of carbonyl (C=O) groups excluding carboxylic acids is 1. The number of ether oxygens (including phenoxy) is 2. The van der Waals surface area contributed by atoms with E-state index in [9.17, 15) is 4.79 Å². The Morgan fingerprint density at radius 2 is 1.81 bits per heavy atom. The number of rotatable bonds is 7. The van der Waals surface area contributed by atoms with E-state index in [4.69, 9.17) is 9.47 Å². The summed E-state index contributed by atoms with van der Waals surface area (Å²) >= 11 is 0. The Kier molecular flexibility index (Phi) is 5.71. The van der Waals surface area contributed by atoms with E-state index in [1.54, 1.807) is 37.4 Å². The molecular formula is C20H22N4O3. The third-order valence-electron chi connectivity index (χ3n) is 4.36. The fourth-order valence-electron chi connectivity index (χ4n) is 2.89. The summed E-state index contributed by atoms with van der Waals surface area (Å²) in [7, 11) is 3.14. The summed E-state index contributed by atoms with van der Waals surface area (Å²) in [5.74, 6) is 0.986. The van der Waals surface area contributed by atoms with Gasteiger partial charge in [-0.15, -0.1) is 0 Å². The van der Waals surface area contributed by atoms with Gasteiger partial charge in [-0.05, 0) is 24.6 Å². The lowest BCUT2D eigenvalue weighted by atomic mass is 10.1. The van der Waals surface area contributed by atoms with Gasteiger partial charge >= 0.3 is 0 Å². The van der Waals surface area contributed by atoms with Crippen LogP contribution >= 0.6 is 0 Å². The van der Waals surface area contributed by atoms with Gasteiger partial charge in [-0.2, -0.15) is 5.10 Å². The number of hydrogen-bond acceptors (Lipinski definition) is 5. The van der Waals surface area contributed by atoms with Crippen LogP contribution < -0.4 is 14.8 Å². The van der Waals surface area contributed by atoms with Gasteiger partial charge in [-0.25, -0.2) is 4.98 Å². The summed E-state index contributed by atoms with van der Waals surface area (Å²) in [5, 5.41) is 7.21. The van der Waals surface area contributed by atoms with Gasteiger partial charge in [0.25, 0.3) is 5.91 Å². The van der Waals surface area contributed by atoms with Crippen LogP contribution in [-0.4, -0.2) is 34.9 Å². The van der Waals surface area contributed by atoms with Gasteiger partial charge in [-0.1, -0.05) is 30.3 Å². The van der Waals surface area contributed by atoms with E-state index in [1.165, 1.54) is 6.33 Å². The van der Waals surface area contributed by atoms with Crippen LogP contribution in [0.25, 0.3) is 0 Å². The minimum Gasteiger partial charge on any atom is -0.496 e. The van der Waals surface area contributed by atoms with Gasteiger partial charge in [0, 0.05) is 11.1 Å². The number of amides is 1. The van der Waals surface area contributed by atoms with Gasteiger partial charge in [0.15, 0.2) is 0 Å². The van der Waals surface area contributed by atoms with Crippen molar-refractivity contribution in [3.8, 4) is 11.5 Å². The van der Waals surface area contributed by atoms with Gasteiger partial charge in [-0.3, -0.25) is 9.48 Å². The van der Waals surface area contributed by atoms with Crippen LogP contribution in [0, 0.1) is 6.92 Å². The number of hydrogen-bond donors (Lipinski definition) is 1. The second kappa shape index (κ2) is 8.35. The van der Waals surface area contributed by atoms with Gasteiger partial charge in [0.05, 0.1) is 26.8 Å². The third kappa shape index (κ3) is 4.25. The number of methoxy groups -OCH3 is 2. The summed E-state index contributed by atoms with van der Waals surface area (Å²) in [5.41, 5.74) is 2.29. The first-order valence-corrected chi connectivity index (χ1v) is 8.53. The SMILES string of the molecule is COc1cc(C(=O)N[C@H](Cn2cncn2)c2ccccc2)cc(OC)c1C. The predicted octanol–water partition coefficient (Wildman–Crippen LogP) is 2.78. The van der Waals surface area contributed by atoms with E-state index in [-0.39, 0.29) is 11.9 Å². The number of nitrogens with zero attached hydrogens (tertiary/aromatic N) is 3. The minimum atomic E-state index is -0.265. The average molecular weight is 366 g/mol. The Morgan fingerprint density at radius 1 is 1.15 bits per heavy atom. The van der Waals surface area contributed by atoms with Crippen molar-refractivity contribution >= 4 is 5.91 Å². The predicted molar refractivity (Wildman–Crippen MR) is 101 cm³/mol. The van der Waals surface area contributed by atoms with Crippen molar-refractivity contribution in [3.63, 3.8) is 0 Å². The van der Waals surface area contributed by atoms with Gasteiger partial charge in [0.1, 0.15) is 24.2 Å². The second-order valence-electron chi connectivity index (χ2n) is 6.06. The monoisotopic (exact) mass is 366 g/mol. The van der Waals surface area contributed by atoms with Crippen molar-refractivity contribution < 1.29 is 14.3 Å². The molecule has 1 N–H and O–H groups in total. The Balaban J connectivity index is 1.88.